The zero-order valence-corrected chi connectivity index (χ0v) is 38.9. The molecule has 2 rings (SSSR count). The molecule has 10 atom stereocenters. The highest BCUT2D eigenvalue weighted by molar-refractivity contribution is 5.86. The molecule has 29 heteroatoms. The van der Waals surface area contributed by atoms with Gasteiger partial charge in [0, 0.05) is 39.0 Å². The summed E-state index contributed by atoms with van der Waals surface area (Å²) in [6.45, 7) is 3.67. The number of carboxylic acids is 2. The van der Waals surface area contributed by atoms with Crippen LogP contribution < -0.4 is 38.9 Å². The largest absolute Gasteiger partial charge is 0.480 e. The van der Waals surface area contributed by atoms with Gasteiger partial charge in [0.25, 0.3) is 0 Å². The van der Waals surface area contributed by atoms with E-state index in [4.69, 9.17) is 60.8 Å². The molecule has 2 aliphatic heterocycles. The van der Waals surface area contributed by atoms with E-state index in [2.05, 4.69) is 25.9 Å². The van der Waals surface area contributed by atoms with Crippen molar-refractivity contribution in [3.05, 3.63) is 23.7 Å². The van der Waals surface area contributed by atoms with Crippen molar-refractivity contribution < 1.29 is 92.5 Å². The van der Waals surface area contributed by atoms with E-state index in [1.807, 2.05) is 11.9 Å². The van der Waals surface area contributed by atoms with Gasteiger partial charge in [-0.15, -0.1) is 0 Å². The molecule has 0 unspecified atom stereocenters. The molecule has 2 aliphatic rings. The van der Waals surface area contributed by atoms with Gasteiger partial charge in [-0.25, -0.2) is 19.6 Å². The molecule has 0 aromatic rings. The second-order valence-corrected chi connectivity index (χ2v) is 15.5. The molecule has 0 fully saturated rings. The zero-order chi connectivity index (χ0) is 51.5. The average molecular weight is 995 g/mol. The van der Waals surface area contributed by atoms with Gasteiger partial charge in [-0.05, 0) is 19.2 Å². The lowest BCUT2D eigenvalue weighted by Crippen LogP contribution is -2.60. The standard InChI is InChI=1S/C40H70N10O19/c1-22-24(48-39(41)42)16-28(37(58)59)68-33(22)34(26(54)18-51)66-20-30(56)45-4-8-62-12-14-64-10-6-50(3)7-11-65-15-13-63-9-5-46-31(57)21-67-35(27(55)19-52)36-32(47-23(2)53)25(49-40(43)44)17-29(69-36)38(60)61/h16-17,22,24-27,32-36,51-52,54-55H,4-15,18-21H2,1-3H3,(H,45,56)(H,46,57)(H,47,53)(H,58,59)(H,60,61)(H4,41,42,48)(H4,43,44,49)/t22-,24+,25+,26-,27-,32-,33-,34-,35-,36-/m1/s1. The van der Waals surface area contributed by atoms with Crippen molar-refractivity contribution >= 4 is 41.6 Å². The number of hydrogen-bond acceptors (Lipinski definition) is 20. The Hall–Kier alpha value is -5.47. The van der Waals surface area contributed by atoms with E-state index in [-0.39, 0.29) is 52.1 Å². The van der Waals surface area contributed by atoms with Gasteiger partial charge < -0.3 is 112 Å². The van der Waals surface area contributed by atoms with Crippen LogP contribution in [0.15, 0.2) is 33.7 Å². The topological polar surface area (TPSA) is 449 Å². The highest BCUT2D eigenvalue weighted by Crippen LogP contribution is 2.31. The SMILES string of the molecule is CC(=O)N[C@H]1[C@H]([C@H](OCC(=O)NCCOCCOCCN(C)CCOCCOCCNC(=O)CO[C@@H]([C@@H]2OC(C(=O)O)=C[C@H](N=C(N)N)[C@H]2C)[C@H](O)CO)[C@H](O)CO)OC(C(=O)O)=C[C@@H]1N=C(N)N. The van der Waals surface area contributed by atoms with Gasteiger partial charge in [0.05, 0.1) is 84.2 Å². The van der Waals surface area contributed by atoms with Crippen LogP contribution in [0.3, 0.4) is 0 Å². The van der Waals surface area contributed by atoms with Gasteiger partial charge in [-0.1, -0.05) is 6.92 Å². The zero-order valence-electron chi connectivity index (χ0n) is 38.9. The molecule has 0 saturated carbocycles. The molecule has 0 radical (unpaired) electrons. The van der Waals surface area contributed by atoms with Crippen molar-refractivity contribution in [3.63, 3.8) is 0 Å². The molecule has 0 aromatic carbocycles. The summed E-state index contributed by atoms with van der Waals surface area (Å²) in [7, 11) is 1.89. The number of amides is 3. The van der Waals surface area contributed by atoms with Crippen LogP contribution in [0.1, 0.15) is 13.8 Å². The van der Waals surface area contributed by atoms with E-state index in [0.717, 1.165) is 6.08 Å². The normalized spacial score (nSPS) is 21.7. The maximum absolute atomic E-state index is 12.5. The number of carboxylic acid groups (broad SMARTS) is 2. The van der Waals surface area contributed by atoms with Crippen molar-refractivity contribution in [2.24, 2.45) is 38.8 Å². The third-order valence-corrected chi connectivity index (χ3v) is 10.0. The van der Waals surface area contributed by atoms with Crippen molar-refractivity contribution in [1.29, 1.82) is 0 Å². The van der Waals surface area contributed by atoms with Crippen LogP contribution in [0.5, 0.6) is 0 Å². The molecule has 0 aliphatic carbocycles. The molecule has 394 valence electrons. The lowest BCUT2D eigenvalue weighted by Gasteiger charge is -2.40. The summed E-state index contributed by atoms with van der Waals surface area (Å²) in [5.41, 5.74) is 22.0. The third kappa shape index (κ3) is 22.7. The summed E-state index contributed by atoms with van der Waals surface area (Å²) in [6.07, 6.45) is -6.33. The van der Waals surface area contributed by atoms with Crippen LogP contribution in [0, 0.1) is 5.92 Å². The maximum Gasteiger partial charge on any atom is 0.370 e. The van der Waals surface area contributed by atoms with E-state index >= 15 is 0 Å². The highest BCUT2D eigenvalue weighted by Gasteiger charge is 2.46. The van der Waals surface area contributed by atoms with Gasteiger partial charge in [-0.2, -0.15) is 0 Å². The van der Waals surface area contributed by atoms with Gasteiger partial charge in [0.1, 0.15) is 43.7 Å². The molecule has 0 spiro atoms. The fraction of sp³-hybridized carbons (Fsp3) is 0.725. The highest BCUT2D eigenvalue weighted by atomic mass is 16.6. The summed E-state index contributed by atoms with van der Waals surface area (Å²) in [5.74, 6) is -7.09. The maximum atomic E-state index is 12.5. The third-order valence-electron chi connectivity index (χ3n) is 10.0. The Balaban J connectivity index is 1.57. The predicted molar refractivity (Wildman–Crippen MR) is 240 cm³/mol. The van der Waals surface area contributed by atoms with Crippen LogP contribution >= 0.6 is 0 Å². The molecule has 0 aromatic heterocycles. The Kier molecular flexibility index (Phi) is 28.0. The molecular formula is C40H70N10O19. The number of ether oxygens (including phenoxy) is 8. The number of nitrogens with two attached hydrogens (primary N) is 4. The molecule has 2 heterocycles. The monoisotopic (exact) mass is 994 g/mol. The Morgan fingerprint density at radius 3 is 1.51 bits per heavy atom. The minimum absolute atomic E-state index is 0.0855. The first kappa shape index (κ1) is 59.7. The predicted octanol–water partition coefficient (Wildman–Crippen LogP) is -7.15. The molecule has 0 bridgehead atoms. The first-order chi connectivity index (χ1) is 32.8. The number of hydrogen-bond donors (Lipinski definition) is 13. The molecular weight excluding hydrogens is 924 g/mol. The van der Waals surface area contributed by atoms with E-state index in [0.29, 0.717) is 32.9 Å². The van der Waals surface area contributed by atoms with Gasteiger partial charge in [0.15, 0.2) is 18.0 Å². The van der Waals surface area contributed by atoms with Crippen LogP contribution in [0.2, 0.25) is 0 Å². The smallest absolute Gasteiger partial charge is 0.370 e. The Labute approximate surface area is 398 Å². The number of guanidine groups is 2. The van der Waals surface area contributed by atoms with E-state index < -0.39 is 134 Å². The second kappa shape index (κ2) is 32.4. The lowest BCUT2D eigenvalue weighted by atomic mass is 9.87. The molecule has 3 amide bonds. The number of aliphatic hydroxyl groups is 4. The lowest BCUT2D eigenvalue weighted by molar-refractivity contribution is -0.160. The number of nitrogens with zero attached hydrogens (tertiary/aromatic N) is 3. The van der Waals surface area contributed by atoms with Crippen LogP contribution in [-0.2, 0) is 61.9 Å². The number of carbonyl (C=O) groups is 5. The number of likely N-dealkylation sites (N-methyl/N-ethyl adjacent to an activating group) is 1. The number of carbonyl (C=O) groups excluding carboxylic acids is 3. The first-order valence-electron chi connectivity index (χ1n) is 21.8. The van der Waals surface area contributed by atoms with Crippen molar-refractivity contribution in [3.8, 4) is 0 Å². The Morgan fingerprint density at radius 2 is 1.09 bits per heavy atom. The number of rotatable bonds is 35. The number of aliphatic hydroxyl groups excluding tert-OH is 4. The summed E-state index contributed by atoms with van der Waals surface area (Å²) in [6, 6.07) is -3.15. The second-order valence-electron chi connectivity index (χ2n) is 15.5. The molecule has 0 saturated heterocycles. The van der Waals surface area contributed by atoms with E-state index in [1.54, 1.807) is 6.92 Å². The van der Waals surface area contributed by atoms with Gasteiger partial charge in [-0.3, -0.25) is 14.4 Å². The first-order valence-corrected chi connectivity index (χ1v) is 21.8. The van der Waals surface area contributed by atoms with Crippen molar-refractivity contribution in [2.45, 2.75) is 68.6 Å². The Bertz CT molecular complexity index is 1730. The fourth-order valence-electron chi connectivity index (χ4n) is 6.63. The summed E-state index contributed by atoms with van der Waals surface area (Å²) in [5, 5.41) is 67.1. The summed E-state index contributed by atoms with van der Waals surface area (Å²) >= 11 is 0. The Morgan fingerprint density at radius 1 is 0.681 bits per heavy atom. The number of aliphatic carboxylic acids is 2. The van der Waals surface area contributed by atoms with E-state index in [9.17, 15) is 54.6 Å². The van der Waals surface area contributed by atoms with Gasteiger partial charge in [0.2, 0.25) is 29.2 Å². The van der Waals surface area contributed by atoms with Crippen LogP contribution in [-0.4, -0.2) is 244 Å². The van der Waals surface area contributed by atoms with Gasteiger partial charge >= 0.3 is 11.9 Å². The number of aliphatic imine (C=N–C) groups is 2. The molecule has 29 nitrogen and oxygen atoms in total. The molecule has 17 N–H and O–H groups in total. The minimum Gasteiger partial charge on any atom is -0.480 e. The minimum atomic E-state index is -1.67. The quantitative estimate of drug-likeness (QED) is 0.0159. The molecule has 69 heavy (non-hydrogen) atoms. The van der Waals surface area contributed by atoms with Crippen LogP contribution in [0.4, 0.5) is 0 Å². The van der Waals surface area contributed by atoms with Crippen molar-refractivity contribution in [2.75, 3.05) is 113 Å². The van der Waals surface area contributed by atoms with Crippen molar-refractivity contribution in [1.82, 2.24) is 20.9 Å². The fourth-order valence-corrected chi connectivity index (χ4v) is 6.63. The van der Waals surface area contributed by atoms with Crippen LogP contribution in [0.25, 0.3) is 0 Å². The average Bonchev–Trinajstić information content (AvgIpc) is 3.28. The van der Waals surface area contributed by atoms with E-state index in [1.165, 1.54) is 13.0 Å². The summed E-state index contributed by atoms with van der Waals surface area (Å²) in [4.78, 5) is 70.4. The number of nitrogens with one attached hydrogen (secondary N) is 3. The summed E-state index contributed by atoms with van der Waals surface area (Å²) < 4.78 is 44.4.